The average Bonchev–Trinajstić information content (AvgIpc) is 2.88. The van der Waals surface area contributed by atoms with Gasteiger partial charge >= 0.3 is 0 Å². The maximum atomic E-state index is 6.25. The summed E-state index contributed by atoms with van der Waals surface area (Å²) < 4.78 is 6.25. The van der Waals surface area contributed by atoms with Crippen LogP contribution in [-0.2, 0) is 6.42 Å². The molecule has 4 rings (SSSR count). The first-order chi connectivity index (χ1) is 10.7. The van der Waals surface area contributed by atoms with Crippen LogP contribution < -0.4 is 0 Å². The monoisotopic (exact) mass is 290 g/mol. The molecule has 0 fully saturated rings. The van der Waals surface area contributed by atoms with E-state index in [2.05, 4.69) is 51.1 Å². The van der Waals surface area contributed by atoms with Gasteiger partial charge in [-0.2, -0.15) is 0 Å². The molecule has 0 spiro atoms. The lowest BCUT2D eigenvalue weighted by atomic mass is 9.94. The van der Waals surface area contributed by atoms with Crippen LogP contribution in [0, 0.1) is 13.8 Å². The van der Waals surface area contributed by atoms with E-state index in [1.807, 2.05) is 0 Å². The molecule has 4 aromatic rings. The van der Waals surface area contributed by atoms with E-state index in [1.54, 1.807) is 0 Å². The molecule has 3 aromatic carbocycles. The highest BCUT2D eigenvalue weighted by Crippen LogP contribution is 2.40. The summed E-state index contributed by atoms with van der Waals surface area (Å²) in [6.45, 7) is 6.59. The van der Waals surface area contributed by atoms with E-state index in [9.17, 15) is 0 Å². The summed E-state index contributed by atoms with van der Waals surface area (Å²) >= 11 is 0. The molecule has 0 radical (unpaired) electrons. The van der Waals surface area contributed by atoms with Crippen LogP contribution in [-0.4, -0.2) is 0 Å². The zero-order valence-electron chi connectivity index (χ0n) is 13.6. The molecule has 1 heteroatoms. The summed E-state index contributed by atoms with van der Waals surface area (Å²) in [6.07, 6.45) is 4.97. The number of hydrogen-bond donors (Lipinski definition) is 0. The van der Waals surface area contributed by atoms with Gasteiger partial charge in [0.05, 0.1) is 0 Å². The first-order valence-corrected chi connectivity index (χ1v) is 8.36. The fraction of sp³-hybridized carbons (Fsp3) is 0.333. The van der Waals surface area contributed by atoms with Crippen LogP contribution in [0.5, 0.6) is 0 Å². The van der Waals surface area contributed by atoms with E-state index in [0.29, 0.717) is 0 Å². The van der Waals surface area contributed by atoms with E-state index >= 15 is 0 Å². The molecule has 1 nitrogen and oxygen atoms in total. The second-order valence-electron chi connectivity index (χ2n) is 6.58. The molecule has 112 valence electrons. The lowest BCUT2D eigenvalue weighted by molar-refractivity contribution is 0.664. The van der Waals surface area contributed by atoms with Gasteiger partial charge in [0.1, 0.15) is 11.2 Å². The molecular formula is C21H22O. The van der Waals surface area contributed by atoms with E-state index in [0.717, 1.165) is 17.6 Å². The number of aryl methyl sites for hydroxylation is 3. The summed E-state index contributed by atoms with van der Waals surface area (Å²) in [5, 5.41) is 5.27. The van der Waals surface area contributed by atoms with Crippen molar-refractivity contribution in [2.24, 2.45) is 0 Å². The summed E-state index contributed by atoms with van der Waals surface area (Å²) in [5.74, 6) is 0. The fourth-order valence-electron chi connectivity index (χ4n) is 3.70. The maximum Gasteiger partial charge on any atom is 0.138 e. The quantitative estimate of drug-likeness (QED) is 0.308. The molecule has 1 heterocycles. The van der Waals surface area contributed by atoms with Crippen LogP contribution in [0.25, 0.3) is 32.7 Å². The second-order valence-corrected chi connectivity index (χ2v) is 6.58. The van der Waals surface area contributed by atoms with E-state index < -0.39 is 0 Å². The van der Waals surface area contributed by atoms with Crippen molar-refractivity contribution in [3.63, 3.8) is 0 Å². The largest absolute Gasteiger partial charge is 0.456 e. The van der Waals surface area contributed by atoms with Gasteiger partial charge < -0.3 is 4.42 Å². The summed E-state index contributed by atoms with van der Waals surface area (Å²) in [6, 6.07) is 11.3. The Morgan fingerprint density at radius 2 is 1.77 bits per heavy atom. The zero-order chi connectivity index (χ0) is 15.3. The topological polar surface area (TPSA) is 13.1 Å². The van der Waals surface area contributed by atoms with Crippen LogP contribution in [0.1, 0.15) is 42.9 Å². The smallest absolute Gasteiger partial charge is 0.138 e. The van der Waals surface area contributed by atoms with Crippen LogP contribution in [0.15, 0.2) is 34.7 Å². The standard InChI is InChI=1S/C21H22O/c1-4-5-6-7-15-11-16-10-14(3)17-9-8-13(2)21-20(17)19(16)18(12-15)22-21/h8-12H,4-7H2,1-3H3. The van der Waals surface area contributed by atoms with Gasteiger partial charge in [0.15, 0.2) is 0 Å². The third-order valence-electron chi connectivity index (χ3n) is 4.87. The number of benzene rings is 3. The van der Waals surface area contributed by atoms with Gasteiger partial charge in [0.2, 0.25) is 0 Å². The highest BCUT2D eigenvalue weighted by Gasteiger charge is 2.16. The molecule has 0 amide bonds. The third-order valence-corrected chi connectivity index (χ3v) is 4.87. The minimum atomic E-state index is 1.05. The highest BCUT2D eigenvalue weighted by atomic mass is 16.3. The molecular weight excluding hydrogens is 268 g/mol. The van der Waals surface area contributed by atoms with Crippen molar-refractivity contribution in [3.05, 3.63) is 47.0 Å². The Balaban J connectivity index is 2.01. The summed E-state index contributed by atoms with van der Waals surface area (Å²) in [4.78, 5) is 0. The molecule has 0 bridgehead atoms. The van der Waals surface area contributed by atoms with Crippen LogP contribution in [0.2, 0.25) is 0 Å². The summed E-state index contributed by atoms with van der Waals surface area (Å²) in [7, 11) is 0. The van der Waals surface area contributed by atoms with Crippen LogP contribution in [0.3, 0.4) is 0 Å². The number of furan rings is 1. The van der Waals surface area contributed by atoms with Crippen molar-refractivity contribution in [1.82, 2.24) is 0 Å². The van der Waals surface area contributed by atoms with Crippen molar-refractivity contribution >= 4 is 32.7 Å². The SMILES string of the molecule is CCCCCc1cc2cc(C)c3ccc(C)c4oc(c1)c2c34. The lowest BCUT2D eigenvalue weighted by Crippen LogP contribution is -1.87. The van der Waals surface area contributed by atoms with Gasteiger partial charge in [-0.25, -0.2) is 0 Å². The Hall–Kier alpha value is -2.02. The Kier molecular flexibility index (Phi) is 3.11. The molecule has 0 aliphatic heterocycles. The predicted molar refractivity (Wildman–Crippen MR) is 95.1 cm³/mol. The first kappa shape index (κ1) is 13.6. The van der Waals surface area contributed by atoms with Crippen LogP contribution in [0.4, 0.5) is 0 Å². The van der Waals surface area contributed by atoms with Crippen molar-refractivity contribution < 1.29 is 4.42 Å². The molecule has 0 saturated carbocycles. The van der Waals surface area contributed by atoms with Gasteiger partial charge in [-0.05, 0) is 60.2 Å². The average molecular weight is 290 g/mol. The van der Waals surface area contributed by atoms with Gasteiger partial charge in [-0.1, -0.05) is 44.0 Å². The molecule has 0 aliphatic carbocycles. The van der Waals surface area contributed by atoms with Crippen molar-refractivity contribution in [1.29, 1.82) is 0 Å². The van der Waals surface area contributed by atoms with Crippen molar-refractivity contribution in [3.8, 4) is 0 Å². The minimum absolute atomic E-state index is 1.05. The second kappa shape index (κ2) is 5.01. The summed E-state index contributed by atoms with van der Waals surface area (Å²) in [5.41, 5.74) is 6.08. The molecule has 0 saturated heterocycles. The van der Waals surface area contributed by atoms with E-state index in [1.165, 1.54) is 57.5 Å². The van der Waals surface area contributed by atoms with E-state index in [-0.39, 0.29) is 0 Å². The van der Waals surface area contributed by atoms with Gasteiger partial charge in [-0.3, -0.25) is 0 Å². The van der Waals surface area contributed by atoms with Gasteiger partial charge in [-0.15, -0.1) is 0 Å². The molecule has 0 unspecified atom stereocenters. The van der Waals surface area contributed by atoms with Crippen molar-refractivity contribution in [2.75, 3.05) is 0 Å². The number of unbranched alkanes of at least 4 members (excludes halogenated alkanes) is 2. The Labute approximate surface area is 131 Å². The van der Waals surface area contributed by atoms with Gasteiger partial charge in [0, 0.05) is 10.8 Å². The normalized spacial score (nSPS) is 12.1. The number of rotatable bonds is 4. The highest BCUT2D eigenvalue weighted by molar-refractivity contribution is 6.23. The minimum Gasteiger partial charge on any atom is -0.456 e. The first-order valence-electron chi connectivity index (χ1n) is 8.36. The Bertz CT molecular complexity index is 958. The molecule has 1 aromatic heterocycles. The predicted octanol–water partition coefficient (Wildman–Crippen LogP) is 6.53. The molecule has 0 aliphatic rings. The third kappa shape index (κ3) is 1.92. The molecule has 0 N–H and O–H groups in total. The molecule has 0 atom stereocenters. The zero-order valence-corrected chi connectivity index (χ0v) is 13.6. The van der Waals surface area contributed by atoms with Gasteiger partial charge in [0.25, 0.3) is 0 Å². The maximum absolute atomic E-state index is 6.25. The van der Waals surface area contributed by atoms with Crippen LogP contribution >= 0.6 is 0 Å². The lowest BCUT2D eigenvalue weighted by Gasteiger charge is -2.07. The molecule has 22 heavy (non-hydrogen) atoms. The Morgan fingerprint density at radius 3 is 2.59 bits per heavy atom. The Morgan fingerprint density at radius 1 is 0.909 bits per heavy atom. The fourth-order valence-corrected chi connectivity index (χ4v) is 3.70. The van der Waals surface area contributed by atoms with Crippen molar-refractivity contribution in [2.45, 2.75) is 46.5 Å². The van der Waals surface area contributed by atoms with E-state index in [4.69, 9.17) is 4.42 Å². The number of hydrogen-bond acceptors (Lipinski definition) is 1.